The molecule has 11 heavy (non-hydrogen) atoms. The van der Waals surface area contributed by atoms with Gasteiger partial charge in [0.05, 0.1) is 18.6 Å². The van der Waals surface area contributed by atoms with Crippen LogP contribution < -0.4 is 0 Å². The summed E-state index contributed by atoms with van der Waals surface area (Å²) in [5.74, 6) is 0.798. The highest BCUT2D eigenvalue weighted by molar-refractivity contribution is 7.99. The van der Waals surface area contributed by atoms with Crippen LogP contribution in [-0.2, 0) is 9.53 Å². The number of Topliss-reactive ketones (excluding diaryl/α,β-unsaturated/α-hetero) is 1. The zero-order valence-corrected chi connectivity index (χ0v) is 7.45. The number of hydrogen-bond acceptors (Lipinski definition) is 3. The van der Waals surface area contributed by atoms with E-state index in [0.717, 1.165) is 25.0 Å². The molecule has 0 spiro atoms. The summed E-state index contributed by atoms with van der Waals surface area (Å²) in [6, 6.07) is 0. The minimum atomic E-state index is 0.220. The van der Waals surface area contributed by atoms with Crippen molar-refractivity contribution in [3.05, 3.63) is 11.8 Å². The maximum Gasteiger partial charge on any atom is 0.171 e. The first-order chi connectivity index (χ1) is 5.34. The molecule has 1 heterocycles. The van der Waals surface area contributed by atoms with E-state index < -0.39 is 0 Å². The topological polar surface area (TPSA) is 26.3 Å². The van der Waals surface area contributed by atoms with Crippen LogP contribution in [-0.4, -0.2) is 24.4 Å². The predicted octanol–water partition coefficient (Wildman–Crippen LogP) is 1.61. The summed E-state index contributed by atoms with van der Waals surface area (Å²) in [6.45, 7) is 0.760. The van der Waals surface area contributed by atoms with E-state index in [4.69, 9.17) is 4.74 Å². The Balaban J connectivity index is 2.44. The minimum absolute atomic E-state index is 0.220. The molecule has 1 rings (SSSR count). The standard InChI is InChI=1S/C8H12O2S/c1-11-6-8(9)7-3-2-4-10-5-7/h5H,2-4,6H2,1H3. The Morgan fingerprint density at radius 3 is 3.18 bits per heavy atom. The summed E-state index contributed by atoms with van der Waals surface area (Å²) in [5.41, 5.74) is 0.852. The molecule has 2 nitrogen and oxygen atoms in total. The first-order valence-corrected chi connectivity index (χ1v) is 5.07. The zero-order valence-electron chi connectivity index (χ0n) is 6.63. The second-order valence-electron chi connectivity index (χ2n) is 2.47. The Kier molecular flexibility index (Phi) is 3.49. The van der Waals surface area contributed by atoms with Gasteiger partial charge < -0.3 is 4.74 Å². The number of ether oxygens (including phenoxy) is 1. The van der Waals surface area contributed by atoms with E-state index in [1.807, 2.05) is 6.26 Å². The summed E-state index contributed by atoms with van der Waals surface area (Å²) in [7, 11) is 0. The molecular weight excluding hydrogens is 160 g/mol. The smallest absolute Gasteiger partial charge is 0.171 e. The third kappa shape index (κ3) is 2.58. The summed E-state index contributed by atoms with van der Waals surface area (Å²) < 4.78 is 5.06. The third-order valence-corrected chi connectivity index (χ3v) is 2.12. The largest absolute Gasteiger partial charge is 0.501 e. The molecule has 62 valence electrons. The molecular formula is C8H12O2S. The number of rotatable bonds is 3. The fourth-order valence-electron chi connectivity index (χ4n) is 0.993. The van der Waals surface area contributed by atoms with Gasteiger partial charge in [0.15, 0.2) is 5.78 Å². The van der Waals surface area contributed by atoms with E-state index in [0.29, 0.717) is 5.75 Å². The van der Waals surface area contributed by atoms with E-state index >= 15 is 0 Å². The van der Waals surface area contributed by atoms with Crippen molar-refractivity contribution in [2.24, 2.45) is 0 Å². The van der Waals surface area contributed by atoms with Gasteiger partial charge in [-0.3, -0.25) is 4.79 Å². The molecule has 3 heteroatoms. The zero-order chi connectivity index (χ0) is 8.10. The van der Waals surface area contributed by atoms with E-state index in [9.17, 15) is 4.79 Å². The Bertz CT molecular complexity index is 175. The molecule has 1 aliphatic rings. The maximum atomic E-state index is 11.2. The van der Waals surface area contributed by atoms with Crippen molar-refractivity contribution in [2.75, 3.05) is 18.6 Å². The second kappa shape index (κ2) is 4.44. The third-order valence-electron chi connectivity index (χ3n) is 1.57. The Morgan fingerprint density at radius 1 is 1.82 bits per heavy atom. The highest BCUT2D eigenvalue weighted by Crippen LogP contribution is 2.14. The van der Waals surface area contributed by atoms with E-state index in [2.05, 4.69) is 0 Å². The summed E-state index contributed by atoms with van der Waals surface area (Å²) in [5, 5.41) is 0. The molecule has 0 radical (unpaired) electrons. The van der Waals surface area contributed by atoms with E-state index in [1.54, 1.807) is 18.0 Å². The van der Waals surface area contributed by atoms with Crippen molar-refractivity contribution in [1.29, 1.82) is 0 Å². The molecule has 0 fully saturated rings. The molecule has 0 saturated carbocycles. The summed E-state index contributed by atoms with van der Waals surface area (Å²) >= 11 is 1.56. The summed E-state index contributed by atoms with van der Waals surface area (Å²) in [6.07, 6.45) is 5.41. The number of hydrogen-bond donors (Lipinski definition) is 0. The number of allylic oxidation sites excluding steroid dienone is 1. The van der Waals surface area contributed by atoms with Crippen LogP contribution in [0, 0.1) is 0 Å². The molecule has 0 unspecified atom stereocenters. The lowest BCUT2D eigenvalue weighted by atomic mass is 10.1. The van der Waals surface area contributed by atoms with Crippen LogP contribution in [0.2, 0.25) is 0 Å². The van der Waals surface area contributed by atoms with Crippen molar-refractivity contribution in [3.8, 4) is 0 Å². The van der Waals surface area contributed by atoms with Crippen molar-refractivity contribution in [2.45, 2.75) is 12.8 Å². The average Bonchev–Trinajstić information content (AvgIpc) is 2.07. The van der Waals surface area contributed by atoms with Gasteiger partial charge in [-0.1, -0.05) is 0 Å². The van der Waals surface area contributed by atoms with Gasteiger partial charge in [-0.05, 0) is 19.1 Å². The monoisotopic (exact) mass is 172 g/mol. The van der Waals surface area contributed by atoms with Gasteiger partial charge in [0.2, 0.25) is 0 Å². The lowest BCUT2D eigenvalue weighted by Crippen LogP contribution is -2.10. The summed E-state index contributed by atoms with van der Waals surface area (Å²) in [4.78, 5) is 11.2. The first kappa shape index (κ1) is 8.65. The van der Waals surface area contributed by atoms with Gasteiger partial charge in [0, 0.05) is 5.57 Å². The lowest BCUT2D eigenvalue weighted by molar-refractivity contribution is -0.113. The Morgan fingerprint density at radius 2 is 2.64 bits per heavy atom. The molecule has 0 aromatic carbocycles. The highest BCUT2D eigenvalue weighted by Gasteiger charge is 2.11. The van der Waals surface area contributed by atoms with Gasteiger partial charge >= 0.3 is 0 Å². The molecule has 0 amide bonds. The molecule has 1 aliphatic heterocycles. The van der Waals surface area contributed by atoms with Crippen LogP contribution in [0.3, 0.4) is 0 Å². The number of thioether (sulfide) groups is 1. The van der Waals surface area contributed by atoms with E-state index in [1.165, 1.54) is 0 Å². The van der Waals surface area contributed by atoms with E-state index in [-0.39, 0.29) is 5.78 Å². The van der Waals surface area contributed by atoms with Gasteiger partial charge in [-0.2, -0.15) is 11.8 Å². The van der Waals surface area contributed by atoms with Crippen molar-refractivity contribution >= 4 is 17.5 Å². The molecule has 0 atom stereocenters. The fraction of sp³-hybridized carbons (Fsp3) is 0.625. The molecule has 0 saturated heterocycles. The average molecular weight is 172 g/mol. The molecule has 0 N–H and O–H groups in total. The molecule has 0 aromatic rings. The van der Waals surface area contributed by atoms with Crippen LogP contribution in [0.15, 0.2) is 11.8 Å². The number of ketones is 1. The van der Waals surface area contributed by atoms with Crippen molar-refractivity contribution in [1.82, 2.24) is 0 Å². The Hall–Kier alpha value is -0.440. The van der Waals surface area contributed by atoms with Gasteiger partial charge in [0.25, 0.3) is 0 Å². The van der Waals surface area contributed by atoms with Gasteiger partial charge in [-0.25, -0.2) is 0 Å². The molecule has 0 aliphatic carbocycles. The van der Waals surface area contributed by atoms with Gasteiger partial charge in [-0.15, -0.1) is 0 Å². The SMILES string of the molecule is CSCC(=O)C1=COCCC1. The quantitative estimate of drug-likeness (QED) is 0.647. The van der Waals surface area contributed by atoms with Crippen molar-refractivity contribution in [3.63, 3.8) is 0 Å². The van der Waals surface area contributed by atoms with Gasteiger partial charge in [0.1, 0.15) is 0 Å². The molecule has 0 aromatic heterocycles. The van der Waals surface area contributed by atoms with Crippen LogP contribution in [0.5, 0.6) is 0 Å². The highest BCUT2D eigenvalue weighted by atomic mass is 32.2. The van der Waals surface area contributed by atoms with Crippen LogP contribution >= 0.6 is 11.8 Å². The minimum Gasteiger partial charge on any atom is -0.501 e. The lowest BCUT2D eigenvalue weighted by Gasteiger charge is -2.11. The van der Waals surface area contributed by atoms with Crippen LogP contribution in [0.25, 0.3) is 0 Å². The number of carbonyl (C=O) groups is 1. The maximum absolute atomic E-state index is 11.2. The normalized spacial score (nSPS) is 17.0. The van der Waals surface area contributed by atoms with Crippen LogP contribution in [0.4, 0.5) is 0 Å². The Labute approximate surface area is 71.0 Å². The fourth-order valence-corrected chi connectivity index (χ4v) is 1.44. The predicted molar refractivity (Wildman–Crippen MR) is 46.7 cm³/mol. The second-order valence-corrected chi connectivity index (χ2v) is 3.34. The van der Waals surface area contributed by atoms with Crippen molar-refractivity contribution < 1.29 is 9.53 Å². The molecule has 0 bridgehead atoms. The van der Waals surface area contributed by atoms with Crippen LogP contribution in [0.1, 0.15) is 12.8 Å². The first-order valence-electron chi connectivity index (χ1n) is 3.67. The number of carbonyl (C=O) groups excluding carboxylic acids is 1.